The van der Waals surface area contributed by atoms with Gasteiger partial charge in [0.25, 0.3) is 0 Å². The van der Waals surface area contributed by atoms with Gasteiger partial charge in [0, 0.05) is 18.3 Å². The highest BCUT2D eigenvalue weighted by Gasteiger charge is 2.69. The summed E-state index contributed by atoms with van der Waals surface area (Å²) in [6, 6.07) is 30.9. The summed E-state index contributed by atoms with van der Waals surface area (Å²) in [5.41, 5.74) is 4.77. The van der Waals surface area contributed by atoms with Crippen LogP contribution >= 0.6 is 0 Å². The number of benzene rings is 3. The largest absolute Gasteiger partial charge is 0.612 e. The Bertz CT molecular complexity index is 935. The molecule has 2 atom stereocenters. The summed E-state index contributed by atoms with van der Waals surface area (Å²) in [5.74, 6) is 0. The molecule has 0 aromatic heterocycles. The molecule has 5 rings (SSSR count). The van der Waals surface area contributed by atoms with Crippen LogP contribution in [0.4, 0.5) is 0 Å². The molecule has 2 aliphatic rings. The Morgan fingerprint density at radius 2 is 1.43 bits per heavy atom. The highest BCUT2D eigenvalue weighted by Crippen LogP contribution is 2.52. The summed E-state index contributed by atoms with van der Waals surface area (Å²) in [4.78, 5) is 0. The predicted molar refractivity (Wildman–Crippen MR) is 115 cm³/mol. The van der Waals surface area contributed by atoms with Gasteiger partial charge in [-0.2, -0.15) is 0 Å². The molecular weight excluding hydrogens is 341 g/mol. The van der Waals surface area contributed by atoms with E-state index in [1.54, 1.807) is 0 Å². The van der Waals surface area contributed by atoms with Crippen LogP contribution in [0.5, 0.6) is 0 Å². The van der Waals surface area contributed by atoms with Crippen molar-refractivity contribution in [1.29, 1.82) is 0 Å². The van der Waals surface area contributed by atoms with E-state index < -0.39 is 5.60 Å². The highest BCUT2D eigenvalue weighted by molar-refractivity contribution is 6.61. The van der Waals surface area contributed by atoms with E-state index in [4.69, 9.17) is 4.65 Å². The maximum absolute atomic E-state index is 7.23. The maximum atomic E-state index is 7.23. The first-order valence-corrected chi connectivity index (χ1v) is 10.4. The number of rotatable bonds is 3. The molecule has 140 valence electrons. The van der Waals surface area contributed by atoms with E-state index in [0.717, 1.165) is 10.9 Å². The van der Waals surface area contributed by atoms with Crippen molar-refractivity contribution in [2.24, 2.45) is 0 Å². The molecule has 2 nitrogen and oxygen atoms in total. The summed E-state index contributed by atoms with van der Waals surface area (Å²) in [6.45, 7) is 3.37. The van der Waals surface area contributed by atoms with Crippen molar-refractivity contribution in [3.63, 3.8) is 0 Å². The summed E-state index contributed by atoms with van der Waals surface area (Å²) in [6.07, 6.45) is 2.43. The third-order valence-electron chi connectivity index (χ3n) is 6.99. The first-order chi connectivity index (χ1) is 13.7. The molecule has 3 heteroatoms. The summed E-state index contributed by atoms with van der Waals surface area (Å²) >= 11 is 0. The number of likely N-dealkylation sites (N-methyl/N-ethyl adjacent to an activating group) is 1. The van der Waals surface area contributed by atoms with Crippen LogP contribution in [-0.4, -0.2) is 31.1 Å². The zero-order chi connectivity index (χ0) is 19.2. The van der Waals surface area contributed by atoms with E-state index in [-0.39, 0.29) is 7.05 Å². The van der Waals surface area contributed by atoms with Crippen molar-refractivity contribution in [3.8, 4) is 0 Å². The number of quaternary nitrogens is 1. The van der Waals surface area contributed by atoms with E-state index in [9.17, 15) is 0 Å². The zero-order valence-corrected chi connectivity index (χ0v) is 16.7. The minimum atomic E-state index is -0.416. The van der Waals surface area contributed by atoms with Gasteiger partial charge in [0.05, 0.1) is 13.6 Å². The lowest BCUT2D eigenvalue weighted by molar-refractivity contribution is -0.815. The number of nitrogens with zero attached hydrogens (tertiary/aromatic N) is 1. The van der Waals surface area contributed by atoms with Crippen molar-refractivity contribution >= 4 is 12.5 Å². The van der Waals surface area contributed by atoms with E-state index in [1.807, 2.05) is 0 Å². The maximum Gasteiger partial charge on any atom is 0.612 e. The SMILES string of the molecule is Cc1ccccc1B1OC(c2ccccc2)(c2ccccc2)[C@@H]2CCC[N+]12C. The van der Waals surface area contributed by atoms with Crippen LogP contribution in [0, 0.1) is 6.92 Å². The van der Waals surface area contributed by atoms with E-state index >= 15 is 0 Å². The molecule has 0 radical (unpaired) electrons. The fourth-order valence-corrected chi connectivity index (χ4v) is 5.65. The molecule has 3 aromatic rings. The number of hydrogen-bond acceptors (Lipinski definition) is 1. The molecule has 1 unspecified atom stereocenters. The van der Waals surface area contributed by atoms with Gasteiger partial charge in [0.2, 0.25) is 0 Å². The number of aryl methyl sites for hydroxylation is 1. The van der Waals surface area contributed by atoms with Crippen molar-refractivity contribution in [1.82, 2.24) is 0 Å². The molecule has 28 heavy (non-hydrogen) atoms. The lowest BCUT2D eigenvalue weighted by Crippen LogP contribution is -2.60. The second-order valence-electron chi connectivity index (χ2n) is 8.52. The minimum absolute atomic E-state index is 0.0501. The van der Waals surface area contributed by atoms with Gasteiger partial charge in [-0.15, -0.1) is 0 Å². The van der Waals surface area contributed by atoms with Crippen LogP contribution in [-0.2, 0) is 10.3 Å². The standard InChI is InChI=1S/C25H27BNO/c1-20-12-9-10-17-23(20)26-27(2)19-11-18-24(27)25(28-26,21-13-5-3-6-14-21)22-15-7-4-8-16-22/h3-10,12-17,24H,11,18-19H2,1-2H3/q+1/t24-,27?/m0/s1. The average molecular weight is 368 g/mol. The molecule has 0 aliphatic carbocycles. The Morgan fingerprint density at radius 3 is 2.04 bits per heavy atom. The molecule has 0 spiro atoms. The quantitative estimate of drug-likeness (QED) is 0.628. The average Bonchev–Trinajstić information content (AvgIpc) is 3.24. The fourth-order valence-electron chi connectivity index (χ4n) is 5.65. The zero-order valence-electron chi connectivity index (χ0n) is 16.7. The summed E-state index contributed by atoms with van der Waals surface area (Å²) in [7, 11) is 2.46. The van der Waals surface area contributed by atoms with Gasteiger partial charge < -0.3 is 9.05 Å². The van der Waals surface area contributed by atoms with E-state index in [1.165, 1.54) is 35.0 Å². The van der Waals surface area contributed by atoms with Gasteiger partial charge in [0.15, 0.2) is 5.60 Å². The Labute approximate surface area is 168 Å². The molecule has 0 amide bonds. The van der Waals surface area contributed by atoms with Crippen LogP contribution in [0.3, 0.4) is 0 Å². The minimum Gasteiger partial charge on any atom is -0.359 e. The highest BCUT2D eigenvalue weighted by atomic mass is 16.5. The fraction of sp³-hybridized carbons (Fsp3) is 0.280. The van der Waals surface area contributed by atoms with Gasteiger partial charge in [-0.3, -0.25) is 0 Å². The van der Waals surface area contributed by atoms with Gasteiger partial charge in [-0.05, 0) is 23.6 Å². The lowest BCUT2D eigenvalue weighted by Gasteiger charge is -2.38. The molecule has 2 heterocycles. The van der Waals surface area contributed by atoms with E-state index in [0.29, 0.717) is 6.04 Å². The van der Waals surface area contributed by atoms with E-state index in [2.05, 4.69) is 98.9 Å². The molecule has 2 aliphatic heterocycles. The molecule has 2 saturated heterocycles. The Hall–Kier alpha value is -2.36. The van der Waals surface area contributed by atoms with Crippen LogP contribution in [0.25, 0.3) is 0 Å². The van der Waals surface area contributed by atoms with Crippen molar-refractivity contribution in [2.75, 3.05) is 13.6 Å². The first kappa shape index (κ1) is 17.7. The van der Waals surface area contributed by atoms with Crippen LogP contribution in [0.1, 0.15) is 29.5 Å². The van der Waals surface area contributed by atoms with Crippen LogP contribution in [0.15, 0.2) is 84.9 Å². The normalized spacial score (nSPS) is 25.6. The first-order valence-electron chi connectivity index (χ1n) is 10.4. The number of hydrogen-bond donors (Lipinski definition) is 0. The molecule has 3 aromatic carbocycles. The van der Waals surface area contributed by atoms with Crippen LogP contribution < -0.4 is 5.46 Å². The molecule has 0 saturated carbocycles. The molecular formula is C25H27BNO+. The van der Waals surface area contributed by atoms with Crippen molar-refractivity contribution in [3.05, 3.63) is 102 Å². The molecule has 2 fully saturated rings. The Kier molecular flexibility index (Phi) is 4.19. The summed E-state index contributed by atoms with van der Waals surface area (Å²) in [5, 5.41) is 0. The topological polar surface area (TPSA) is 9.23 Å². The van der Waals surface area contributed by atoms with Crippen molar-refractivity contribution < 1.29 is 9.05 Å². The number of fused-ring (bicyclic) bond motifs is 1. The second kappa shape index (κ2) is 6.61. The van der Waals surface area contributed by atoms with Gasteiger partial charge in [-0.1, -0.05) is 84.9 Å². The third kappa shape index (κ3) is 2.43. The Morgan fingerprint density at radius 1 is 0.857 bits per heavy atom. The van der Waals surface area contributed by atoms with Gasteiger partial charge in [0.1, 0.15) is 6.04 Å². The lowest BCUT2D eigenvalue weighted by atomic mass is 9.67. The van der Waals surface area contributed by atoms with Crippen molar-refractivity contribution in [2.45, 2.75) is 31.4 Å². The Balaban J connectivity index is 1.75. The molecule has 0 N–H and O–H groups in total. The second-order valence-corrected chi connectivity index (χ2v) is 8.52. The monoisotopic (exact) mass is 368 g/mol. The van der Waals surface area contributed by atoms with Gasteiger partial charge in [-0.25, -0.2) is 0 Å². The molecule has 0 bridgehead atoms. The third-order valence-corrected chi connectivity index (χ3v) is 6.99. The van der Waals surface area contributed by atoms with Gasteiger partial charge >= 0.3 is 7.05 Å². The smallest absolute Gasteiger partial charge is 0.359 e. The van der Waals surface area contributed by atoms with Crippen LogP contribution in [0.2, 0.25) is 0 Å². The predicted octanol–water partition coefficient (Wildman–Crippen LogP) is 4.27. The summed E-state index contributed by atoms with van der Waals surface area (Å²) < 4.78 is 8.18.